The van der Waals surface area contributed by atoms with Gasteiger partial charge in [0.2, 0.25) is 0 Å². The van der Waals surface area contributed by atoms with E-state index in [4.69, 9.17) is 4.52 Å². The summed E-state index contributed by atoms with van der Waals surface area (Å²) in [6, 6.07) is 2.69. The van der Waals surface area contributed by atoms with E-state index in [0.717, 1.165) is 24.4 Å². The van der Waals surface area contributed by atoms with Crippen molar-refractivity contribution in [2.75, 3.05) is 6.54 Å². The highest BCUT2D eigenvalue weighted by Crippen LogP contribution is 2.17. The van der Waals surface area contributed by atoms with Crippen LogP contribution in [0.25, 0.3) is 0 Å². The fourth-order valence-corrected chi connectivity index (χ4v) is 1.87. The molecule has 1 aromatic rings. The van der Waals surface area contributed by atoms with Gasteiger partial charge >= 0.3 is 0 Å². The van der Waals surface area contributed by atoms with Crippen molar-refractivity contribution in [3.05, 3.63) is 17.5 Å². The predicted molar refractivity (Wildman–Crippen MR) is 55.3 cm³/mol. The monoisotopic (exact) mass is 194 g/mol. The van der Waals surface area contributed by atoms with Crippen molar-refractivity contribution in [1.82, 2.24) is 10.5 Å². The molecule has 3 nitrogen and oxygen atoms in total. The van der Waals surface area contributed by atoms with E-state index in [1.165, 1.54) is 12.8 Å². The molecule has 2 heterocycles. The molecule has 0 saturated carbocycles. The van der Waals surface area contributed by atoms with Crippen molar-refractivity contribution < 1.29 is 4.52 Å². The molecule has 1 aromatic heterocycles. The molecule has 0 spiro atoms. The summed E-state index contributed by atoms with van der Waals surface area (Å²) in [5.41, 5.74) is 1.07. The summed E-state index contributed by atoms with van der Waals surface area (Å²) >= 11 is 0. The van der Waals surface area contributed by atoms with Gasteiger partial charge in [-0.3, -0.25) is 0 Å². The van der Waals surface area contributed by atoms with E-state index in [9.17, 15) is 0 Å². The SMILES string of the molecule is CC(C)c1cc(CC2CCCN2)on1. The second-order valence-corrected chi connectivity index (χ2v) is 4.37. The van der Waals surface area contributed by atoms with Crippen LogP contribution in [0.4, 0.5) is 0 Å². The smallest absolute Gasteiger partial charge is 0.138 e. The number of hydrogen-bond acceptors (Lipinski definition) is 3. The predicted octanol–water partition coefficient (Wildman–Crippen LogP) is 2.09. The number of nitrogens with zero attached hydrogens (tertiary/aromatic N) is 1. The van der Waals surface area contributed by atoms with E-state index in [-0.39, 0.29) is 0 Å². The molecule has 0 bridgehead atoms. The Morgan fingerprint density at radius 2 is 2.50 bits per heavy atom. The molecule has 14 heavy (non-hydrogen) atoms. The quantitative estimate of drug-likeness (QED) is 0.800. The fraction of sp³-hybridized carbons (Fsp3) is 0.727. The molecule has 1 unspecified atom stereocenters. The van der Waals surface area contributed by atoms with Crippen LogP contribution in [-0.4, -0.2) is 17.7 Å². The van der Waals surface area contributed by atoms with Gasteiger partial charge < -0.3 is 9.84 Å². The molecular weight excluding hydrogens is 176 g/mol. The van der Waals surface area contributed by atoms with Crippen LogP contribution in [0.5, 0.6) is 0 Å². The van der Waals surface area contributed by atoms with Crippen LogP contribution < -0.4 is 5.32 Å². The molecular formula is C11H18N2O. The van der Waals surface area contributed by atoms with Crippen molar-refractivity contribution in [3.8, 4) is 0 Å². The van der Waals surface area contributed by atoms with E-state index < -0.39 is 0 Å². The molecule has 3 heteroatoms. The molecule has 1 N–H and O–H groups in total. The largest absolute Gasteiger partial charge is 0.361 e. The molecule has 0 aromatic carbocycles. The summed E-state index contributed by atoms with van der Waals surface area (Å²) in [5, 5.41) is 7.51. The van der Waals surface area contributed by atoms with Crippen molar-refractivity contribution in [3.63, 3.8) is 0 Å². The van der Waals surface area contributed by atoms with Crippen LogP contribution in [0.15, 0.2) is 10.6 Å². The van der Waals surface area contributed by atoms with Crippen LogP contribution in [0.2, 0.25) is 0 Å². The Morgan fingerprint density at radius 1 is 1.64 bits per heavy atom. The van der Waals surface area contributed by atoms with Gasteiger partial charge in [0.15, 0.2) is 0 Å². The Bertz CT molecular complexity index is 287. The standard InChI is InChI=1S/C11H18N2O/c1-8(2)11-7-10(14-13-11)6-9-4-3-5-12-9/h7-9,12H,3-6H2,1-2H3. The first kappa shape index (κ1) is 9.71. The number of rotatable bonds is 3. The molecule has 1 saturated heterocycles. The van der Waals surface area contributed by atoms with Crippen LogP contribution in [-0.2, 0) is 6.42 Å². The summed E-state index contributed by atoms with van der Waals surface area (Å²) in [6.07, 6.45) is 3.53. The molecule has 1 fully saturated rings. The minimum absolute atomic E-state index is 0.462. The Hall–Kier alpha value is -0.830. The molecule has 78 valence electrons. The number of aromatic nitrogens is 1. The Kier molecular flexibility index (Phi) is 2.87. The third-order valence-electron chi connectivity index (χ3n) is 2.78. The van der Waals surface area contributed by atoms with Gasteiger partial charge in [-0.25, -0.2) is 0 Å². The molecule has 2 rings (SSSR count). The maximum absolute atomic E-state index is 5.30. The van der Waals surface area contributed by atoms with E-state index >= 15 is 0 Å². The van der Waals surface area contributed by atoms with E-state index in [1.807, 2.05) is 0 Å². The second-order valence-electron chi connectivity index (χ2n) is 4.37. The van der Waals surface area contributed by atoms with Crippen molar-refractivity contribution >= 4 is 0 Å². The zero-order chi connectivity index (χ0) is 9.97. The van der Waals surface area contributed by atoms with E-state index in [2.05, 4.69) is 30.4 Å². The van der Waals surface area contributed by atoms with Gasteiger partial charge in [0.05, 0.1) is 5.69 Å². The zero-order valence-corrected chi connectivity index (χ0v) is 8.92. The van der Waals surface area contributed by atoms with Crippen LogP contribution in [0, 0.1) is 0 Å². The summed E-state index contributed by atoms with van der Waals surface area (Å²) in [7, 11) is 0. The fourth-order valence-electron chi connectivity index (χ4n) is 1.87. The summed E-state index contributed by atoms with van der Waals surface area (Å²) in [4.78, 5) is 0. The molecule has 1 aliphatic rings. The molecule has 0 radical (unpaired) electrons. The Balaban J connectivity index is 1.95. The zero-order valence-electron chi connectivity index (χ0n) is 8.92. The van der Waals surface area contributed by atoms with Crippen molar-refractivity contribution in [2.45, 2.75) is 45.1 Å². The third kappa shape index (κ3) is 2.15. The van der Waals surface area contributed by atoms with Crippen LogP contribution >= 0.6 is 0 Å². The van der Waals surface area contributed by atoms with E-state index in [1.54, 1.807) is 0 Å². The molecule has 1 atom stereocenters. The highest BCUT2D eigenvalue weighted by molar-refractivity contribution is 5.10. The third-order valence-corrected chi connectivity index (χ3v) is 2.78. The van der Waals surface area contributed by atoms with Crippen LogP contribution in [0.1, 0.15) is 44.1 Å². The number of nitrogens with one attached hydrogen (secondary N) is 1. The van der Waals surface area contributed by atoms with Gasteiger partial charge in [-0.1, -0.05) is 19.0 Å². The lowest BCUT2D eigenvalue weighted by Crippen LogP contribution is -2.23. The molecule has 0 amide bonds. The maximum Gasteiger partial charge on any atom is 0.138 e. The van der Waals surface area contributed by atoms with Gasteiger partial charge in [-0.05, 0) is 25.3 Å². The first-order valence-corrected chi connectivity index (χ1v) is 5.44. The summed E-state index contributed by atoms with van der Waals surface area (Å²) in [5.74, 6) is 1.48. The Morgan fingerprint density at radius 3 is 3.07 bits per heavy atom. The minimum Gasteiger partial charge on any atom is -0.361 e. The average Bonchev–Trinajstić information content (AvgIpc) is 2.75. The number of hydrogen-bond donors (Lipinski definition) is 1. The average molecular weight is 194 g/mol. The van der Waals surface area contributed by atoms with Gasteiger partial charge in [-0.2, -0.15) is 0 Å². The highest BCUT2D eigenvalue weighted by Gasteiger charge is 2.17. The summed E-state index contributed by atoms with van der Waals surface area (Å²) in [6.45, 7) is 5.42. The topological polar surface area (TPSA) is 38.1 Å². The van der Waals surface area contributed by atoms with Gasteiger partial charge in [0.1, 0.15) is 5.76 Å². The second kappa shape index (κ2) is 4.13. The normalized spacial score (nSPS) is 22.1. The molecule has 1 aliphatic heterocycles. The molecule has 0 aliphatic carbocycles. The highest BCUT2D eigenvalue weighted by atomic mass is 16.5. The van der Waals surface area contributed by atoms with E-state index in [0.29, 0.717) is 12.0 Å². The lowest BCUT2D eigenvalue weighted by Gasteiger charge is -2.05. The van der Waals surface area contributed by atoms with Crippen molar-refractivity contribution in [1.29, 1.82) is 0 Å². The lowest BCUT2D eigenvalue weighted by molar-refractivity contribution is 0.362. The van der Waals surface area contributed by atoms with Gasteiger partial charge in [0, 0.05) is 18.5 Å². The lowest BCUT2D eigenvalue weighted by atomic mass is 10.1. The maximum atomic E-state index is 5.30. The summed E-state index contributed by atoms with van der Waals surface area (Å²) < 4.78 is 5.30. The minimum atomic E-state index is 0.462. The van der Waals surface area contributed by atoms with Crippen LogP contribution in [0.3, 0.4) is 0 Å². The first-order chi connectivity index (χ1) is 6.75. The van der Waals surface area contributed by atoms with Gasteiger partial charge in [-0.15, -0.1) is 0 Å². The van der Waals surface area contributed by atoms with Crippen molar-refractivity contribution in [2.24, 2.45) is 0 Å². The van der Waals surface area contributed by atoms with Gasteiger partial charge in [0.25, 0.3) is 0 Å². The first-order valence-electron chi connectivity index (χ1n) is 5.44. The Labute approximate surface area is 84.9 Å².